The van der Waals surface area contributed by atoms with Gasteiger partial charge < -0.3 is 10.1 Å². The van der Waals surface area contributed by atoms with E-state index in [2.05, 4.69) is 21.2 Å². The van der Waals surface area contributed by atoms with Gasteiger partial charge in [-0.2, -0.15) is 0 Å². The molecule has 2 aromatic rings. The first-order valence-corrected chi connectivity index (χ1v) is 7.46. The average Bonchev–Trinajstić information content (AvgIpc) is 2.53. The smallest absolute Gasteiger partial charge is 0.262 e. The molecule has 1 aliphatic heterocycles. The Morgan fingerprint density at radius 3 is 2.68 bits per heavy atom. The Balaban J connectivity index is 1.87. The van der Waals surface area contributed by atoms with Crippen LogP contribution in [0.1, 0.15) is 20.7 Å². The Hall–Kier alpha value is -2.21. The van der Waals surface area contributed by atoms with Gasteiger partial charge in [-0.25, -0.2) is 4.39 Å². The number of carbonyl (C=O) groups is 2. The van der Waals surface area contributed by atoms with Gasteiger partial charge in [-0.1, -0.05) is 28.1 Å². The predicted molar refractivity (Wildman–Crippen MR) is 83.0 cm³/mol. The molecule has 0 radical (unpaired) electrons. The average molecular weight is 364 g/mol. The molecule has 0 saturated carbocycles. The third-order valence-corrected chi connectivity index (χ3v) is 4.23. The van der Waals surface area contributed by atoms with Gasteiger partial charge in [-0.15, -0.1) is 0 Å². The fourth-order valence-electron chi connectivity index (χ4n) is 2.17. The number of ether oxygens (including phenoxy) is 1. The molecular weight excluding hydrogens is 353 g/mol. The summed E-state index contributed by atoms with van der Waals surface area (Å²) >= 11 is 3.33. The van der Waals surface area contributed by atoms with Gasteiger partial charge in [0.2, 0.25) is 0 Å². The zero-order valence-corrected chi connectivity index (χ0v) is 12.9. The topological polar surface area (TPSA) is 55.4 Å². The summed E-state index contributed by atoms with van der Waals surface area (Å²) in [5.74, 6) is -0.270. The highest BCUT2D eigenvalue weighted by molar-refractivity contribution is 9.09. The van der Waals surface area contributed by atoms with E-state index in [1.54, 1.807) is 30.3 Å². The van der Waals surface area contributed by atoms with Gasteiger partial charge in [-0.3, -0.25) is 9.59 Å². The van der Waals surface area contributed by atoms with Crippen molar-refractivity contribution < 1.29 is 18.7 Å². The predicted octanol–water partition coefficient (Wildman–Crippen LogP) is 3.48. The highest BCUT2D eigenvalue weighted by Crippen LogP contribution is 2.32. The van der Waals surface area contributed by atoms with Crippen molar-refractivity contribution in [2.45, 2.75) is 4.83 Å². The number of amides is 1. The molecule has 0 fully saturated rings. The van der Waals surface area contributed by atoms with E-state index < -0.39 is 4.83 Å². The number of carbonyl (C=O) groups excluding carboxylic acids is 2. The summed E-state index contributed by atoms with van der Waals surface area (Å²) in [5.41, 5.74) is 1.56. The third-order valence-electron chi connectivity index (χ3n) is 3.29. The summed E-state index contributed by atoms with van der Waals surface area (Å²) < 4.78 is 18.2. The summed E-state index contributed by atoms with van der Waals surface area (Å²) in [4.78, 5) is 23.2. The van der Waals surface area contributed by atoms with Gasteiger partial charge in [-0.05, 0) is 35.9 Å². The first kappa shape index (κ1) is 14.7. The molecule has 0 saturated heterocycles. The molecule has 3 rings (SSSR count). The molecule has 0 spiro atoms. The Labute approximate surface area is 134 Å². The molecule has 0 aliphatic carbocycles. The molecule has 1 heterocycles. The Kier molecular flexibility index (Phi) is 3.94. The molecule has 6 heteroatoms. The molecule has 4 nitrogen and oxygen atoms in total. The normalized spacial score (nSPS) is 14.5. The summed E-state index contributed by atoms with van der Waals surface area (Å²) in [5, 5.41) is 2.66. The van der Waals surface area contributed by atoms with E-state index in [1.807, 2.05) is 0 Å². The van der Waals surface area contributed by atoms with Crippen LogP contribution in [0.3, 0.4) is 0 Å². The lowest BCUT2D eigenvalue weighted by molar-refractivity contribution is -0.118. The number of benzene rings is 2. The second kappa shape index (κ2) is 5.88. The number of anilines is 1. The Bertz CT molecular complexity index is 746. The molecule has 1 amide bonds. The van der Waals surface area contributed by atoms with Crippen LogP contribution in [0.5, 0.6) is 5.75 Å². The number of halogens is 2. The summed E-state index contributed by atoms with van der Waals surface area (Å²) in [6.07, 6.45) is 0. The fraction of sp³-hybridized carbons (Fsp3) is 0.125. The zero-order valence-electron chi connectivity index (χ0n) is 11.3. The zero-order chi connectivity index (χ0) is 15.7. The van der Waals surface area contributed by atoms with Crippen molar-refractivity contribution in [3.63, 3.8) is 0 Å². The molecule has 112 valence electrons. The minimum absolute atomic E-state index is 0.0308. The van der Waals surface area contributed by atoms with E-state index in [9.17, 15) is 14.0 Å². The van der Waals surface area contributed by atoms with E-state index in [-0.39, 0.29) is 24.1 Å². The summed E-state index contributed by atoms with van der Waals surface area (Å²) in [6, 6.07) is 10.6. The van der Waals surface area contributed by atoms with Crippen molar-refractivity contribution in [2.75, 3.05) is 11.9 Å². The number of ketones is 1. The van der Waals surface area contributed by atoms with Gasteiger partial charge in [0.15, 0.2) is 12.4 Å². The van der Waals surface area contributed by atoms with Crippen molar-refractivity contribution in [1.29, 1.82) is 0 Å². The number of Topliss-reactive ketones (excluding diaryl/α,β-unsaturated/α-hetero) is 1. The van der Waals surface area contributed by atoms with E-state index in [0.29, 0.717) is 22.6 Å². The third kappa shape index (κ3) is 2.87. The standard InChI is InChI=1S/C16H11BrFNO3/c17-15(9-1-4-11(18)5-2-9)16(21)10-3-6-13-12(7-10)19-14(20)8-22-13/h1-7,15H,8H2,(H,19,20). The van der Waals surface area contributed by atoms with Crippen LogP contribution in [0, 0.1) is 5.82 Å². The van der Waals surface area contributed by atoms with Crippen LogP contribution < -0.4 is 10.1 Å². The highest BCUT2D eigenvalue weighted by Gasteiger charge is 2.22. The second-order valence-electron chi connectivity index (χ2n) is 4.83. The van der Waals surface area contributed by atoms with Crippen LogP contribution in [0.15, 0.2) is 42.5 Å². The van der Waals surface area contributed by atoms with Crippen molar-refractivity contribution >= 4 is 33.3 Å². The lowest BCUT2D eigenvalue weighted by Crippen LogP contribution is -2.25. The minimum Gasteiger partial charge on any atom is -0.482 e. The number of rotatable bonds is 3. The molecule has 1 atom stereocenters. The van der Waals surface area contributed by atoms with Crippen molar-refractivity contribution in [2.24, 2.45) is 0 Å². The monoisotopic (exact) mass is 363 g/mol. The van der Waals surface area contributed by atoms with E-state index in [0.717, 1.165) is 0 Å². The Morgan fingerprint density at radius 1 is 1.23 bits per heavy atom. The van der Waals surface area contributed by atoms with E-state index in [1.165, 1.54) is 12.1 Å². The van der Waals surface area contributed by atoms with Crippen LogP contribution in [-0.4, -0.2) is 18.3 Å². The molecule has 0 bridgehead atoms. The van der Waals surface area contributed by atoms with Gasteiger partial charge >= 0.3 is 0 Å². The quantitative estimate of drug-likeness (QED) is 0.670. The van der Waals surface area contributed by atoms with Crippen LogP contribution in [-0.2, 0) is 4.79 Å². The van der Waals surface area contributed by atoms with Crippen LogP contribution in [0.2, 0.25) is 0 Å². The number of hydrogen-bond donors (Lipinski definition) is 1. The molecule has 22 heavy (non-hydrogen) atoms. The van der Waals surface area contributed by atoms with Crippen LogP contribution in [0.25, 0.3) is 0 Å². The van der Waals surface area contributed by atoms with E-state index in [4.69, 9.17) is 4.74 Å². The Morgan fingerprint density at radius 2 is 1.95 bits per heavy atom. The van der Waals surface area contributed by atoms with Gasteiger partial charge in [0.1, 0.15) is 16.4 Å². The first-order chi connectivity index (χ1) is 10.5. The van der Waals surface area contributed by atoms with Crippen molar-refractivity contribution in [1.82, 2.24) is 0 Å². The number of alkyl halides is 1. The first-order valence-electron chi connectivity index (χ1n) is 6.55. The molecule has 1 N–H and O–H groups in total. The van der Waals surface area contributed by atoms with Crippen molar-refractivity contribution in [3.05, 3.63) is 59.4 Å². The van der Waals surface area contributed by atoms with Gasteiger partial charge in [0.05, 0.1) is 5.69 Å². The maximum atomic E-state index is 12.9. The molecule has 0 aromatic heterocycles. The van der Waals surface area contributed by atoms with Crippen molar-refractivity contribution in [3.8, 4) is 5.75 Å². The maximum absolute atomic E-state index is 12.9. The fourth-order valence-corrected chi connectivity index (χ4v) is 2.74. The molecular formula is C16H11BrFNO3. The lowest BCUT2D eigenvalue weighted by atomic mass is 10.0. The molecule has 1 unspecified atom stereocenters. The van der Waals surface area contributed by atoms with Crippen LogP contribution in [0.4, 0.5) is 10.1 Å². The number of hydrogen-bond acceptors (Lipinski definition) is 3. The molecule has 1 aliphatic rings. The SMILES string of the molecule is O=C1COc2ccc(C(=O)C(Br)c3ccc(F)cc3)cc2N1. The van der Waals surface area contributed by atoms with Crippen LogP contribution >= 0.6 is 15.9 Å². The number of nitrogens with one attached hydrogen (secondary N) is 1. The largest absolute Gasteiger partial charge is 0.482 e. The number of fused-ring (bicyclic) bond motifs is 1. The van der Waals surface area contributed by atoms with Gasteiger partial charge in [0, 0.05) is 5.56 Å². The molecule has 2 aromatic carbocycles. The van der Waals surface area contributed by atoms with E-state index >= 15 is 0 Å². The lowest BCUT2D eigenvalue weighted by Gasteiger charge is -2.19. The second-order valence-corrected chi connectivity index (χ2v) is 5.74. The maximum Gasteiger partial charge on any atom is 0.262 e. The van der Waals surface area contributed by atoms with Gasteiger partial charge in [0.25, 0.3) is 5.91 Å². The summed E-state index contributed by atoms with van der Waals surface area (Å²) in [7, 11) is 0. The highest BCUT2D eigenvalue weighted by atomic mass is 79.9. The minimum atomic E-state index is -0.591. The summed E-state index contributed by atoms with van der Waals surface area (Å²) in [6.45, 7) is -0.0308.